The zero-order chi connectivity index (χ0) is 22.1. The van der Waals surface area contributed by atoms with Crippen molar-refractivity contribution >= 4 is 22.6 Å². The maximum atomic E-state index is 12.5. The van der Waals surface area contributed by atoms with Gasteiger partial charge in [-0.05, 0) is 37.7 Å². The summed E-state index contributed by atoms with van der Waals surface area (Å²) in [5, 5.41) is 3.94. The molecule has 30 heavy (non-hydrogen) atoms. The van der Waals surface area contributed by atoms with Gasteiger partial charge < -0.3 is 19.9 Å². The van der Waals surface area contributed by atoms with Gasteiger partial charge in [-0.1, -0.05) is 40.5 Å². The molecule has 1 heterocycles. The number of ketones is 1. The smallest absolute Gasteiger partial charge is 0.220 e. The van der Waals surface area contributed by atoms with E-state index >= 15 is 0 Å². The van der Waals surface area contributed by atoms with E-state index in [9.17, 15) is 9.59 Å². The molecule has 2 N–H and O–H groups in total. The average Bonchev–Trinajstić information content (AvgIpc) is 3.10. The van der Waals surface area contributed by atoms with E-state index in [0.29, 0.717) is 25.3 Å². The molecule has 0 saturated heterocycles. The molecule has 1 aromatic heterocycles. The molecule has 0 radical (unpaired) electrons. The molecule has 0 aliphatic rings. The van der Waals surface area contributed by atoms with E-state index in [1.165, 1.54) is 0 Å². The Morgan fingerprint density at radius 3 is 2.60 bits per heavy atom. The van der Waals surface area contributed by atoms with Crippen molar-refractivity contribution < 1.29 is 14.3 Å². The first-order valence-corrected chi connectivity index (χ1v) is 11.0. The van der Waals surface area contributed by atoms with Crippen LogP contribution in [-0.4, -0.2) is 54.9 Å². The van der Waals surface area contributed by atoms with Crippen LogP contribution in [0, 0.1) is 5.41 Å². The molecular formula is C24H37N3O3. The average molecular weight is 416 g/mol. The third kappa shape index (κ3) is 7.48. The number of unbranched alkanes of at least 4 members (excludes halogenated alkanes) is 2. The lowest BCUT2D eigenvalue weighted by atomic mass is 9.89. The van der Waals surface area contributed by atoms with E-state index in [4.69, 9.17) is 4.74 Å². The first kappa shape index (κ1) is 23.9. The van der Waals surface area contributed by atoms with Crippen LogP contribution >= 0.6 is 0 Å². The number of aromatic nitrogens is 1. The molecule has 0 atom stereocenters. The summed E-state index contributed by atoms with van der Waals surface area (Å²) in [5.74, 6) is 1.02. The number of amides is 1. The molecule has 0 saturated carbocycles. The van der Waals surface area contributed by atoms with Crippen molar-refractivity contribution in [3.8, 4) is 5.75 Å². The first-order chi connectivity index (χ1) is 14.2. The third-order valence-corrected chi connectivity index (χ3v) is 5.08. The van der Waals surface area contributed by atoms with Gasteiger partial charge in [-0.15, -0.1) is 0 Å². The van der Waals surface area contributed by atoms with E-state index in [-0.39, 0.29) is 11.7 Å². The minimum Gasteiger partial charge on any atom is -0.492 e. The maximum absolute atomic E-state index is 12.5. The second-order valence-electron chi connectivity index (χ2n) is 8.97. The van der Waals surface area contributed by atoms with Crippen LogP contribution in [0.3, 0.4) is 0 Å². The molecule has 0 aliphatic heterocycles. The molecule has 0 fully saturated rings. The molecular weight excluding hydrogens is 378 g/mol. The van der Waals surface area contributed by atoms with Crippen molar-refractivity contribution in [3.63, 3.8) is 0 Å². The van der Waals surface area contributed by atoms with Crippen molar-refractivity contribution in [2.24, 2.45) is 5.41 Å². The van der Waals surface area contributed by atoms with Crippen LogP contribution in [0.25, 0.3) is 10.9 Å². The largest absolute Gasteiger partial charge is 0.492 e. The minimum absolute atomic E-state index is 0.0975. The summed E-state index contributed by atoms with van der Waals surface area (Å²) in [6.45, 7) is 10.7. The Balaban J connectivity index is 1.75. The van der Waals surface area contributed by atoms with E-state index in [1.54, 1.807) is 0 Å². The Labute approximate surface area is 180 Å². The highest BCUT2D eigenvalue weighted by Gasteiger charge is 2.24. The molecule has 2 aromatic rings. The lowest BCUT2D eigenvalue weighted by Gasteiger charge is -2.17. The number of hydrogen-bond acceptors (Lipinski definition) is 4. The topological polar surface area (TPSA) is 74.4 Å². The maximum Gasteiger partial charge on any atom is 0.220 e. The van der Waals surface area contributed by atoms with Gasteiger partial charge in [0.05, 0.1) is 5.69 Å². The normalized spacial score (nSPS) is 11.8. The van der Waals surface area contributed by atoms with Gasteiger partial charge in [0.2, 0.25) is 5.91 Å². The summed E-state index contributed by atoms with van der Waals surface area (Å²) < 4.78 is 5.89. The number of H-pyrrole nitrogens is 1. The molecule has 1 amide bonds. The first-order valence-electron chi connectivity index (χ1n) is 11.0. The standard InChI is InChI=1S/C24H37N3O3/c1-6-7-8-9-22(28)25-12-13-27(5)14-15-30-19-10-11-20-18(16-19)17-21(26-20)23(29)24(2,3)4/h10-11,16-17,26H,6-9,12-15H2,1-5H3,(H,25,28). The number of ether oxygens (including phenoxy) is 1. The number of Topliss-reactive ketones (excluding diaryl/α,β-unsaturated/α-hetero) is 1. The van der Waals surface area contributed by atoms with E-state index in [2.05, 4.69) is 22.1 Å². The quantitative estimate of drug-likeness (QED) is 0.398. The lowest BCUT2D eigenvalue weighted by Crippen LogP contribution is -2.34. The van der Waals surface area contributed by atoms with Crippen LogP contribution in [0.5, 0.6) is 5.75 Å². The molecule has 1 aromatic carbocycles. The summed E-state index contributed by atoms with van der Waals surface area (Å²) in [5.41, 5.74) is 1.15. The van der Waals surface area contributed by atoms with Crippen LogP contribution in [0.1, 0.15) is 63.9 Å². The van der Waals surface area contributed by atoms with Crippen molar-refractivity contribution in [2.45, 2.75) is 53.4 Å². The predicted molar refractivity (Wildman–Crippen MR) is 122 cm³/mol. The van der Waals surface area contributed by atoms with Crippen LogP contribution < -0.4 is 10.1 Å². The number of rotatable bonds is 12. The van der Waals surface area contributed by atoms with E-state index in [0.717, 1.165) is 49.0 Å². The summed E-state index contributed by atoms with van der Waals surface area (Å²) in [7, 11) is 2.02. The van der Waals surface area contributed by atoms with Gasteiger partial charge in [0.15, 0.2) is 5.78 Å². The van der Waals surface area contributed by atoms with Gasteiger partial charge in [0.1, 0.15) is 12.4 Å². The molecule has 2 rings (SSSR count). The van der Waals surface area contributed by atoms with Gasteiger partial charge >= 0.3 is 0 Å². The summed E-state index contributed by atoms with van der Waals surface area (Å²) in [4.78, 5) is 29.5. The molecule has 6 heteroatoms. The number of nitrogens with one attached hydrogen (secondary N) is 2. The highest BCUT2D eigenvalue weighted by atomic mass is 16.5. The second kappa shape index (κ2) is 11.2. The highest BCUT2D eigenvalue weighted by Crippen LogP contribution is 2.26. The fourth-order valence-electron chi connectivity index (χ4n) is 3.17. The molecule has 0 aliphatic carbocycles. The summed E-state index contributed by atoms with van der Waals surface area (Å²) >= 11 is 0. The Morgan fingerprint density at radius 1 is 1.13 bits per heavy atom. The van der Waals surface area contributed by atoms with Crippen molar-refractivity contribution in [3.05, 3.63) is 30.0 Å². The van der Waals surface area contributed by atoms with Crippen LogP contribution in [0.15, 0.2) is 24.3 Å². The van der Waals surface area contributed by atoms with Gasteiger partial charge in [-0.2, -0.15) is 0 Å². The fraction of sp³-hybridized carbons (Fsp3) is 0.583. The van der Waals surface area contributed by atoms with Crippen molar-refractivity contribution in [1.82, 2.24) is 15.2 Å². The SMILES string of the molecule is CCCCCC(=O)NCCN(C)CCOc1ccc2[nH]c(C(=O)C(C)(C)C)cc2c1. The van der Waals surface area contributed by atoms with E-state index in [1.807, 2.05) is 52.1 Å². The number of nitrogens with zero attached hydrogens (tertiary/aromatic N) is 1. The predicted octanol–water partition coefficient (Wildman–Crippen LogP) is 4.40. The zero-order valence-corrected chi connectivity index (χ0v) is 19.1. The van der Waals surface area contributed by atoms with Crippen LogP contribution in [0.2, 0.25) is 0 Å². The molecule has 0 bridgehead atoms. The van der Waals surface area contributed by atoms with Gasteiger partial charge in [-0.3, -0.25) is 9.59 Å². The summed E-state index contributed by atoms with van der Waals surface area (Å²) in [6, 6.07) is 7.72. The zero-order valence-electron chi connectivity index (χ0n) is 19.1. The fourth-order valence-corrected chi connectivity index (χ4v) is 3.17. The van der Waals surface area contributed by atoms with E-state index < -0.39 is 5.41 Å². The van der Waals surface area contributed by atoms with Crippen molar-refractivity contribution in [2.75, 3.05) is 33.3 Å². The number of carbonyl (C=O) groups excluding carboxylic acids is 2. The molecule has 166 valence electrons. The number of aromatic amines is 1. The van der Waals surface area contributed by atoms with Gasteiger partial charge in [0, 0.05) is 42.4 Å². The number of benzene rings is 1. The minimum atomic E-state index is -0.417. The highest BCUT2D eigenvalue weighted by molar-refractivity contribution is 6.02. The Morgan fingerprint density at radius 2 is 1.90 bits per heavy atom. The van der Waals surface area contributed by atoms with Crippen LogP contribution in [-0.2, 0) is 4.79 Å². The van der Waals surface area contributed by atoms with Gasteiger partial charge in [-0.25, -0.2) is 0 Å². The number of hydrogen-bond donors (Lipinski definition) is 2. The Bertz CT molecular complexity index is 836. The Hall–Kier alpha value is -2.34. The van der Waals surface area contributed by atoms with Crippen LogP contribution in [0.4, 0.5) is 0 Å². The molecule has 0 spiro atoms. The summed E-state index contributed by atoms with van der Waals surface area (Å²) in [6.07, 6.45) is 3.81. The van der Waals surface area contributed by atoms with Gasteiger partial charge in [0.25, 0.3) is 0 Å². The lowest BCUT2D eigenvalue weighted by molar-refractivity contribution is -0.121. The second-order valence-corrected chi connectivity index (χ2v) is 8.97. The molecule has 6 nitrogen and oxygen atoms in total. The number of carbonyl (C=O) groups is 2. The third-order valence-electron chi connectivity index (χ3n) is 5.08. The molecule has 0 unspecified atom stereocenters. The monoisotopic (exact) mass is 415 g/mol. The van der Waals surface area contributed by atoms with Crippen molar-refractivity contribution in [1.29, 1.82) is 0 Å². The number of likely N-dealkylation sites (N-methyl/N-ethyl adjacent to an activating group) is 1. The number of fused-ring (bicyclic) bond motifs is 1. The Kier molecular flexibility index (Phi) is 8.90.